The highest BCUT2D eigenvalue weighted by Crippen LogP contribution is 2.33. The lowest BCUT2D eigenvalue weighted by Gasteiger charge is -2.46. The van der Waals surface area contributed by atoms with Gasteiger partial charge in [-0.15, -0.1) is 0 Å². The van der Waals surface area contributed by atoms with Crippen LogP contribution >= 0.6 is 0 Å². The fraction of sp³-hybridized carbons (Fsp3) is 0.500. The van der Waals surface area contributed by atoms with E-state index in [0.29, 0.717) is 18.1 Å². The topological polar surface area (TPSA) is 84.6 Å². The van der Waals surface area contributed by atoms with E-state index in [9.17, 15) is 27.9 Å². The number of piperazine rings is 1. The monoisotopic (exact) mass is 383 g/mol. The van der Waals surface area contributed by atoms with Crippen LogP contribution in [0.15, 0.2) is 24.3 Å². The van der Waals surface area contributed by atoms with E-state index in [4.69, 9.17) is 5.26 Å². The molecule has 1 aliphatic rings. The summed E-state index contributed by atoms with van der Waals surface area (Å²) in [6, 6.07) is 6.71. The third-order valence-corrected chi connectivity index (χ3v) is 4.74. The second-order valence-electron chi connectivity index (χ2n) is 6.87. The summed E-state index contributed by atoms with van der Waals surface area (Å²) in [7, 11) is 0. The summed E-state index contributed by atoms with van der Waals surface area (Å²) in [4.78, 5) is 27.4. The Morgan fingerprint density at radius 1 is 1.11 bits per heavy atom. The summed E-state index contributed by atoms with van der Waals surface area (Å²) in [6.45, 7) is 3.47. The zero-order chi connectivity index (χ0) is 20.6. The number of hydrogen-bond acceptors (Lipinski definition) is 4. The second kappa shape index (κ2) is 7.19. The Morgan fingerprint density at radius 2 is 1.59 bits per heavy atom. The molecule has 1 unspecified atom stereocenters. The van der Waals surface area contributed by atoms with Gasteiger partial charge in [0.05, 0.1) is 11.6 Å². The van der Waals surface area contributed by atoms with Crippen molar-refractivity contribution in [3.63, 3.8) is 0 Å². The molecule has 0 spiro atoms. The van der Waals surface area contributed by atoms with Crippen molar-refractivity contribution in [2.45, 2.75) is 44.6 Å². The summed E-state index contributed by atoms with van der Waals surface area (Å²) >= 11 is 0. The van der Waals surface area contributed by atoms with Gasteiger partial charge in [-0.25, -0.2) is 0 Å². The number of alkyl halides is 3. The smallest absolute Gasteiger partial charge is 0.373 e. The minimum atomic E-state index is -5.09. The first-order valence-electron chi connectivity index (χ1n) is 8.31. The minimum absolute atomic E-state index is 0.0275. The third-order valence-electron chi connectivity index (χ3n) is 4.74. The summed E-state index contributed by atoms with van der Waals surface area (Å²) < 4.78 is 38.9. The molecule has 1 aromatic carbocycles. The summed E-state index contributed by atoms with van der Waals surface area (Å²) in [5, 5.41) is 18.5. The highest BCUT2D eigenvalue weighted by molar-refractivity contribution is 5.95. The average molecular weight is 383 g/mol. The third kappa shape index (κ3) is 3.90. The van der Waals surface area contributed by atoms with Crippen molar-refractivity contribution in [1.29, 1.82) is 5.26 Å². The maximum atomic E-state index is 13.0. The van der Waals surface area contributed by atoms with E-state index in [2.05, 4.69) is 0 Å². The van der Waals surface area contributed by atoms with Gasteiger partial charge in [0.1, 0.15) is 0 Å². The lowest BCUT2D eigenvalue weighted by atomic mass is 9.99. The first-order valence-corrected chi connectivity index (χ1v) is 8.31. The molecule has 1 aliphatic heterocycles. The Labute approximate surface area is 154 Å². The number of amides is 2. The van der Waals surface area contributed by atoms with Gasteiger partial charge in [-0.05, 0) is 45.0 Å². The maximum absolute atomic E-state index is 13.0. The Bertz CT molecular complexity index is 769. The zero-order valence-corrected chi connectivity index (χ0v) is 15.1. The van der Waals surface area contributed by atoms with E-state index in [0.717, 1.165) is 4.90 Å². The van der Waals surface area contributed by atoms with E-state index in [1.54, 1.807) is 6.92 Å². The molecule has 0 aromatic heterocycles. The molecule has 0 saturated carbocycles. The fourth-order valence-corrected chi connectivity index (χ4v) is 2.95. The van der Waals surface area contributed by atoms with Gasteiger partial charge in [0, 0.05) is 30.7 Å². The Hall–Kier alpha value is -2.60. The molecule has 2 amide bonds. The molecule has 2 rings (SSSR count). The number of rotatable bonds is 2. The molecular formula is C18H20F3N3O3. The van der Waals surface area contributed by atoms with E-state index in [-0.39, 0.29) is 19.0 Å². The van der Waals surface area contributed by atoms with Crippen molar-refractivity contribution in [3.8, 4) is 6.07 Å². The van der Waals surface area contributed by atoms with Crippen LogP contribution in [-0.2, 0) is 4.79 Å². The first kappa shape index (κ1) is 20.7. The predicted octanol–water partition coefficient (Wildman–Crippen LogP) is 1.93. The quantitative estimate of drug-likeness (QED) is 0.846. The van der Waals surface area contributed by atoms with Crippen molar-refractivity contribution in [3.05, 3.63) is 35.4 Å². The Balaban J connectivity index is 2.18. The first-order chi connectivity index (χ1) is 12.4. The largest absolute Gasteiger partial charge is 0.426 e. The standard InChI is InChI=1S/C18H20F3N3O3/c1-11-10-24(16(26)17(3,27)18(19,20)21)12(2)9-23(11)15(25)14-6-4-13(8-22)5-7-14/h4-7,11-12,27H,9-10H2,1-3H3/t11-,12+,17?/m1/s1. The van der Waals surface area contributed by atoms with Gasteiger partial charge in [0.2, 0.25) is 5.60 Å². The Morgan fingerprint density at radius 3 is 2.07 bits per heavy atom. The Kier molecular flexibility index (Phi) is 5.52. The van der Waals surface area contributed by atoms with E-state index >= 15 is 0 Å². The molecular weight excluding hydrogens is 363 g/mol. The average Bonchev–Trinajstić information content (AvgIpc) is 2.61. The molecule has 0 radical (unpaired) electrons. The van der Waals surface area contributed by atoms with Crippen LogP contribution in [0.4, 0.5) is 13.2 Å². The van der Waals surface area contributed by atoms with Gasteiger partial charge in [-0.3, -0.25) is 9.59 Å². The number of carbonyl (C=O) groups excluding carboxylic acids is 2. The predicted molar refractivity (Wildman–Crippen MR) is 89.5 cm³/mol. The molecule has 146 valence electrons. The molecule has 1 saturated heterocycles. The number of benzene rings is 1. The molecule has 0 bridgehead atoms. The molecule has 3 atom stereocenters. The number of nitriles is 1. The van der Waals surface area contributed by atoms with Crippen LogP contribution in [-0.4, -0.2) is 63.7 Å². The molecule has 1 fully saturated rings. The molecule has 27 heavy (non-hydrogen) atoms. The van der Waals surface area contributed by atoms with Crippen LogP contribution in [0.3, 0.4) is 0 Å². The number of aliphatic hydroxyl groups is 1. The van der Waals surface area contributed by atoms with Crippen molar-refractivity contribution < 1.29 is 27.9 Å². The zero-order valence-electron chi connectivity index (χ0n) is 15.1. The van der Waals surface area contributed by atoms with Gasteiger partial charge < -0.3 is 14.9 Å². The molecule has 9 heteroatoms. The van der Waals surface area contributed by atoms with Crippen molar-refractivity contribution in [1.82, 2.24) is 9.80 Å². The van der Waals surface area contributed by atoms with Crippen molar-refractivity contribution >= 4 is 11.8 Å². The lowest BCUT2D eigenvalue weighted by molar-refractivity contribution is -0.251. The van der Waals surface area contributed by atoms with Crippen molar-refractivity contribution in [2.24, 2.45) is 0 Å². The van der Waals surface area contributed by atoms with Gasteiger partial charge >= 0.3 is 6.18 Å². The van der Waals surface area contributed by atoms with E-state index in [1.165, 1.54) is 36.1 Å². The highest BCUT2D eigenvalue weighted by atomic mass is 19.4. The number of carbonyl (C=O) groups is 2. The molecule has 0 aliphatic carbocycles. The summed E-state index contributed by atoms with van der Waals surface area (Å²) in [5.41, 5.74) is -2.74. The maximum Gasteiger partial charge on any atom is 0.426 e. The van der Waals surface area contributed by atoms with Gasteiger partial charge in [-0.2, -0.15) is 18.4 Å². The summed E-state index contributed by atoms with van der Waals surface area (Å²) in [5.74, 6) is -1.77. The second-order valence-corrected chi connectivity index (χ2v) is 6.87. The van der Waals surface area contributed by atoms with Crippen LogP contribution in [0.5, 0.6) is 0 Å². The highest BCUT2D eigenvalue weighted by Gasteiger charge is 2.58. The van der Waals surface area contributed by atoms with Crippen LogP contribution in [0.25, 0.3) is 0 Å². The van der Waals surface area contributed by atoms with Gasteiger partial charge in [0.15, 0.2) is 0 Å². The van der Waals surface area contributed by atoms with Crippen LogP contribution in [0.1, 0.15) is 36.7 Å². The number of nitrogens with zero attached hydrogens (tertiary/aromatic N) is 3. The van der Waals surface area contributed by atoms with E-state index in [1.807, 2.05) is 6.07 Å². The van der Waals surface area contributed by atoms with Crippen molar-refractivity contribution in [2.75, 3.05) is 13.1 Å². The van der Waals surface area contributed by atoms with Gasteiger partial charge in [-0.1, -0.05) is 0 Å². The minimum Gasteiger partial charge on any atom is -0.373 e. The molecule has 1 N–H and O–H groups in total. The van der Waals surface area contributed by atoms with Gasteiger partial charge in [0.25, 0.3) is 11.8 Å². The number of hydrogen-bond donors (Lipinski definition) is 1. The molecule has 1 aromatic rings. The lowest BCUT2D eigenvalue weighted by Crippen LogP contribution is -2.65. The molecule has 6 nitrogen and oxygen atoms in total. The number of halogens is 3. The normalized spacial score (nSPS) is 22.7. The molecule has 1 heterocycles. The van der Waals surface area contributed by atoms with E-state index < -0.39 is 29.8 Å². The fourth-order valence-electron chi connectivity index (χ4n) is 2.95. The van der Waals surface area contributed by atoms with Crippen LogP contribution in [0.2, 0.25) is 0 Å². The SMILES string of the molecule is C[C@@H]1CN(C(=O)C(C)(O)C(F)(F)F)[C@@H](C)CN1C(=O)c1ccc(C#N)cc1. The summed E-state index contributed by atoms with van der Waals surface area (Å²) in [6.07, 6.45) is -5.09. The van der Waals surface area contributed by atoms with Crippen LogP contribution < -0.4 is 0 Å². The van der Waals surface area contributed by atoms with Crippen LogP contribution in [0, 0.1) is 11.3 Å².